The van der Waals surface area contributed by atoms with Crippen molar-refractivity contribution in [3.63, 3.8) is 0 Å². The summed E-state index contributed by atoms with van der Waals surface area (Å²) in [6.07, 6.45) is 1.29. The molecule has 1 amide bonds. The molecule has 1 atom stereocenters. The summed E-state index contributed by atoms with van der Waals surface area (Å²) in [5.41, 5.74) is 1.44. The number of hydrogen-bond donors (Lipinski definition) is 2. The van der Waals surface area contributed by atoms with Crippen molar-refractivity contribution in [3.8, 4) is 10.6 Å². The Morgan fingerprint density at radius 3 is 2.68 bits per heavy atom. The molecule has 2 aromatic rings. The number of nitrogens with one attached hydrogen (secondary N) is 1. The van der Waals surface area contributed by atoms with E-state index < -0.39 is 0 Å². The molecule has 22 heavy (non-hydrogen) atoms. The SMILES string of the molecule is CCC(CCO)NC(=O)c1sc(-c2ccc(F)cc2)nc1C. The minimum absolute atomic E-state index is 0.0429. The Morgan fingerprint density at radius 1 is 1.41 bits per heavy atom. The predicted molar refractivity (Wildman–Crippen MR) is 85.5 cm³/mol. The second kappa shape index (κ2) is 7.47. The number of aliphatic hydroxyl groups is 1. The van der Waals surface area contributed by atoms with Crippen LogP contribution >= 0.6 is 11.3 Å². The van der Waals surface area contributed by atoms with Gasteiger partial charge in [0, 0.05) is 18.2 Å². The van der Waals surface area contributed by atoms with Crippen LogP contribution in [0.4, 0.5) is 4.39 Å². The summed E-state index contributed by atoms with van der Waals surface area (Å²) in [5, 5.41) is 12.6. The van der Waals surface area contributed by atoms with Gasteiger partial charge in [-0.15, -0.1) is 11.3 Å². The smallest absolute Gasteiger partial charge is 0.263 e. The molecule has 0 aliphatic carbocycles. The Bertz CT molecular complexity index is 640. The standard InChI is InChI=1S/C16H19FN2O2S/c1-3-13(8-9-20)19-15(21)14-10(2)18-16(22-14)11-4-6-12(17)7-5-11/h4-7,13,20H,3,8-9H2,1-2H3,(H,19,21). The van der Waals surface area contributed by atoms with E-state index in [1.807, 2.05) is 6.92 Å². The van der Waals surface area contributed by atoms with Gasteiger partial charge in [-0.1, -0.05) is 6.92 Å². The average molecular weight is 322 g/mol. The highest BCUT2D eigenvalue weighted by atomic mass is 32.1. The van der Waals surface area contributed by atoms with Crippen LogP contribution in [0.3, 0.4) is 0 Å². The Labute approximate surface area is 133 Å². The first kappa shape index (κ1) is 16.6. The predicted octanol–water partition coefficient (Wildman–Crippen LogP) is 3.15. The number of halogens is 1. The lowest BCUT2D eigenvalue weighted by atomic mass is 10.1. The molecule has 0 aliphatic rings. The van der Waals surface area contributed by atoms with Crippen molar-refractivity contribution in [2.45, 2.75) is 32.7 Å². The number of carbonyl (C=O) groups excluding carboxylic acids is 1. The normalized spacial score (nSPS) is 12.2. The van der Waals surface area contributed by atoms with E-state index in [1.54, 1.807) is 19.1 Å². The summed E-state index contributed by atoms with van der Waals surface area (Å²) in [5.74, 6) is -0.478. The van der Waals surface area contributed by atoms with Gasteiger partial charge in [0.1, 0.15) is 15.7 Å². The number of amides is 1. The first-order chi connectivity index (χ1) is 10.5. The molecule has 1 aromatic heterocycles. The molecule has 1 heterocycles. The zero-order valence-electron chi connectivity index (χ0n) is 12.6. The van der Waals surface area contributed by atoms with Crippen LogP contribution in [0.5, 0.6) is 0 Å². The van der Waals surface area contributed by atoms with Crippen LogP contribution in [0.15, 0.2) is 24.3 Å². The molecule has 1 aromatic carbocycles. The van der Waals surface area contributed by atoms with Gasteiger partial charge in [-0.05, 0) is 44.0 Å². The van der Waals surface area contributed by atoms with Crippen molar-refractivity contribution in [2.75, 3.05) is 6.61 Å². The zero-order chi connectivity index (χ0) is 16.1. The van der Waals surface area contributed by atoms with Crippen molar-refractivity contribution in [2.24, 2.45) is 0 Å². The first-order valence-corrected chi connectivity index (χ1v) is 8.01. The van der Waals surface area contributed by atoms with E-state index in [4.69, 9.17) is 5.11 Å². The van der Waals surface area contributed by atoms with E-state index in [-0.39, 0.29) is 24.4 Å². The summed E-state index contributed by atoms with van der Waals surface area (Å²) >= 11 is 1.29. The topological polar surface area (TPSA) is 62.2 Å². The largest absolute Gasteiger partial charge is 0.396 e. The van der Waals surface area contributed by atoms with Gasteiger partial charge in [0.05, 0.1) is 5.69 Å². The minimum atomic E-state index is -0.301. The Hall–Kier alpha value is -1.79. The molecular formula is C16H19FN2O2S. The Kier molecular flexibility index (Phi) is 5.63. The van der Waals surface area contributed by atoms with E-state index in [0.717, 1.165) is 12.0 Å². The van der Waals surface area contributed by atoms with Gasteiger partial charge in [0.2, 0.25) is 0 Å². The molecule has 1 unspecified atom stereocenters. The average Bonchev–Trinajstić information content (AvgIpc) is 2.89. The molecule has 0 spiro atoms. The van der Waals surface area contributed by atoms with E-state index in [0.29, 0.717) is 22.0 Å². The number of thiazole rings is 1. The number of aliphatic hydroxyl groups excluding tert-OH is 1. The molecule has 6 heteroatoms. The molecular weight excluding hydrogens is 303 g/mol. The summed E-state index contributed by atoms with van der Waals surface area (Å²) in [6, 6.07) is 6.00. The molecule has 118 valence electrons. The molecule has 2 N–H and O–H groups in total. The Balaban J connectivity index is 2.18. The maximum Gasteiger partial charge on any atom is 0.263 e. The maximum atomic E-state index is 13.0. The Morgan fingerprint density at radius 2 is 2.09 bits per heavy atom. The number of rotatable bonds is 6. The van der Waals surface area contributed by atoms with Gasteiger partial charge in [-0.25, -0.2) is 9.37 Å². The van der Waals surface area contributed by atoms with Crippen LogP contribution in [0, 0.1) is 12.7 Å². The van der Waals surface area contributed by atoms with Crippen LogP contribution in [0.2, 0.25) is 0 Å². The second-order valence-electron chi connectivity index (χ2n) is 5.03. The zero-order valence-corrected chi connectivity index (χ0v) is 13.4. The van der Waals surface area contributed by atoms with Gasteiger partial charge >= 0.3 is 0 Å². The third kappa shape index (κ3) is 3.90. The molecule has 4 nitrogen and oxygen atoms in total. The molecule has 0 saturated heterocycles. The summed E-state index contributed by atoms with van der Waals surface area (Å²) < 4.78 is 13.0. The van der Waals surface area contributed by atoms with Crippen molar-refractivity contribution in [1.82, 2.24) is 10.3 Å². The summed E-state index contributed by atoms with van der Waals surface area (Å²) in [4.78, 5) is 17.3. The van der Waals surface area contributed by atoms with Crippen LogP contribution in [0.1, 0.15) is 35.1 Å². The molecule has 0 fully saturated rings. The molecule has 0 saturated carbocycles. The molecule has 0 aliphatic heterocycles. The third-order valence-corrected chi connectivity index (χ3v) is 4.60. The van der Waals surface area contributed by atoms with Crippen molar-refractivity contribution in [3.05, 3.63) is 40.7 Å². The number of aryl methyl sites for hydroxylation is 1. The maximum absolute atomic E-state index is 13.0. The molecule has 2 rings (SSSR count). The summed E-state index contributed by atoms with van der Waals surface area (Å²) in [6.45, 7) is 3.79. The highest BCUT2D eigenvalue weighted by molar-refractivity contribution is 7.17. The number of nitrogens with zero attached hydrogens (tertiary/aromatic N) is 1. The van der Waals surface area contributed by atoms with E-state index in [9.17, 15) is 9.18 Å². The lowest BCUT2D eigenvalue weighted by Gasteiger charge is -2.14. The van der Waals surface area contributed by atoms with Crippen LogP contribution in [-0.4, -0.2) is 28.6 Å². The summed E-state index contributed by atoms with van der Waals surface area (Å²) in [7, 11) is 0. The van der Waals surface area contributed by atoms with Crippen LogP contribution < -0.4 is 5.32 Å². The van der Waals surface area contributed by atoms with Crippen LogP contribution in [0.25, 0.3) is 10.6 Å². The van der Waals surface area contributed by atoms with Crippen molar-refractivity contribution in [1.29, 1.82) is 0 Å². The fourth-order valence-corrected chi connectivity index (χ4v) is 3.08. The monoisotopic (exact) mass is 322 g/mol. The van der Waals surface area contributed by atoms with Gasteiger partial charge in [-0.3, -0.25) is 4.79 Å². The van der Waals surface area contributed by atoms with Gasteiger partial charge < -0.3 is 10.4 Å². The van der Waals surface area contributed by atoms with Crippen LogP contribution in [-0.2, 0) is 0 Å². The fourth-order valence-electron chi connectivity index (χ4n) is 2.11. The first-order valence-electron chi connectivity index (χ1n) is 7.20. The highest BCUT2D eigenvalue weighted by Gasteiger charge is 2.18. The highest BCUT2D eigenvalue weighted by Crippen LogP contribution is 2.28. The van der Waals surface area contributed by atoms with Gasteiger partial charge in [0.15, 0.2) is 0 Å². The van der Waals surface area contributed by atoms with Gasteiger partial charge in [0.25, 0.3) is 5.91 Å². The number of benzene rings is 1. The van der Waals surface area contributed by atoms with E-state index in [1.165, 1.54) is 23.5 Å². The molecule has 0 radical (unpaired) electrons. The van der Waals surface area contributed by atoms with E-state index in [2.05, 4.69) is 10.3 Å². The lowest BCUT2D eigenvalue weighted by molar-refractivity contribution is 0.0932. The lowest BCUT2D eigenvalue weighted by Crippen LogP contribution is -2.34. The molecule has 0 bridgehead atoms. The van der Waals surface area contributed by atoms with Crippen molar-refractivity contribution < 1.29 is 14.3 Å². The number of hydrogen-bond acceptors (Lipinski definition) is 4. The van der Waals surface area contributed by atoms with Crippen molar-refractivity contribution >= 4 is 17.2 Å². The fraction of sp³-hybridized carbons (Fsp3) is 0.375. The van der Waals surface area contributed by atoms with E-state index >= 15 is 0 Å². The quantitative estimate of drug-likeness (QED) is 0.859. The number of aromatic nitrogens is 1. The minimum Gasteiger partial charge on any atom is -0.396 e. The third-order valence-electron chi connectivity index (χ3n) is 3.40. The van der Waals surface area contributed by atoms with Gasteiger partial charge in [-0.2, -0.15) is 0 Å². The second-order valence-corrected chi connectivity index (χ2v) is 6.03. The number of carbonyl (C=O) groups is 1.